The van der Waals surface area contributed by atoms with E-state index in [0.29, 0.717) is 47.3 Å². The fourth-order valence-corrected chi connectivity index (χ4v) is 4.15. The van der Waals surface area contributed by atoms with Gasteiger partial charge in [-0.1, -0.05) is 11.6 Å². The number of aromatic nitrogens is 4. The number of nitrogens with one attached hydrogen (secondary N) is 2. The Morgan fingerprint density at radius 2 is 2.24 bits per heavy atom. The molecule has 2 unspecified atom stereocenters. The van der Waals surface area contributed by atoms with Crippen LogP contribution in [0.4, 0.5) is 16.0 Å². The molecule has 1 aliphatic rings. The first kappa shape index (κ1) is 22.7. The van der Waals surface area contributed by atoms with Gasteiger partial charge in [0.15, 0.2) is 5.76 Å². The van der Waals surface area contributed by atoms with Gasteiger partial charge in [0.1, 0.15) is 40.8 Å². The van der Waals surface area contributed by atoms with Crippen LogP contribution >= 0.6 is 11.6 Å². The predicted molar refractivity (Wildman–Crippen MR) is 119 cm³/mol. The lowest BCUT2D eigenvalue weighted by molar-refractivity contribution is -0.119. The number of nitrogen functional groups attached to an aromatic ring is 1. The Morgan fingerprint density at radius 1 is 1.45 bits per heavy atom. The van der Waals surface area contributed by atoms with Crippen LogP contribution in [-0.4, -0.2) is 39.4 Å². The molecule has 1 fully saturated rings. The monoisotopic (exact) mass is 475 g/mol. The first-order chi connectivity index (χ1) is 15.8. The molecular formula is C21H23ClFN7O3. The van der Waals surface area contributed by atoms with Gasteiger partial charge in [-0.3, -0.25) is 4.79 Å². The number of amides is 1. The van der Waals surface area contributed by atoms with E-state index in [0.717, 1.165) is 0 Å². The summed E-state index contributed by atoms with van der Waals surface area (Å²) in [6, 6.07) is 1.07. The number of hydrogen-bond acceptors (Lipinski definition) is 9. The lowest BCUT2D eigenvalue weighted by atomic mass is 9.92. The summed E-state index contributed by atoms with van der Waals surface area (Å²) in [6.45, 7) is 5.99. The molecule has 3 heterocycles. The number of benzene rings is 1. The second-order valence-electron chi connectivity index (χ2n) is 7.68. The Balaban J connectivity index is 1.78. The van der Waals surface area contributed by atoms with Crippen LogP contribution < -0.4 is 21.1 Å². The summed E-state index contributed by atoms with van der Waals surface area (Å²) in [5, 5.41) is 13.4. The van der Waals surface area contributed by atoms with E-state index in [4.69, 9.17) is 26.6 Å². The van der Waals surface area contributed by atoms with E-state index < -0.39 is 17.8 Å². The third-order valence-corrected chi connectivity index (χ3v) is 5.76. The minimum Gasteiger partial charge on any atom is -0.493 e. The van der Waals surface area contributed by atoms with Gasteiger partial charge in [-0.05, 0) is 26.8 Å². The molecule has 12 heteroatoms. The highest BCUT2D eigenvalue weighted by Gasteiger charge is 2.32. The highest BCUT2D eigenvalue weighted by molar-refractivity contribution is 6.31. The molecule has 3 aromatic rings. The van der Waals surface area contributed by atoms with Crippen molar-refractivity contribution in [3.05, 3.63) is 40.1 Å². The fourth-order valence-electron chi connectivity index (χ4n) is 3.93. The number of rotatable bonds is 7. The van der Waals surface area contributed by atoms with Crippen LogP contribution in [0, 0.1) is 12.7 Å². The van der Waals surface area contributed by atoms with Crippen molar-refractivity contribution >= 4 is 29.1 Å². The van der Waals surface area contributed by atoms with Crippen molar-refractivity contribution < 1.29 is 18.4 Å². The normalized spacial score (nSPS) is 16.5. The maximum atomic E-state index is 15.1. The second-order valence-corrected chi connectivity index (χ2v) is 8.09. The molecule has 1 aliphatic heterocycles. The topological polar surface area (TPSA) is 141 Å². The van der Waals surface area contributed by atoms with Crippen molar-refractivity contribution in [2.45, 2.75) is 39.2 Å². The van der Waals surface area contributed by atoms with Crippen molar-refractivity contribution in [3.63, 3.8) is 0 Å². The molecule has 4 N–H and O–H groups in total. The molecule has 2 atom stereocenters. The third kappa shape index (κ3) is 4.28. The number of ether oxygens (including phenoxy) is 1. The SMILES string of the molecule is CCOc1c(C(C)Nc2ncnc(N)c2-c2onnc2C)cc(Cl)c(F)c1C1CNC(=O)C1. The summed E-state index contributed by atoms with van der Waals surface area (Å²) in [6.07, 6.45) is 1.47. The van der Waals surface area contributed by atoms with Crippen LogP contribution in [0.5, 0.6) is 5.75 Å². The van der Waals surface area contributed by atoms with Crippen LogP contribution in [-0.2, 0) is 4.79 Å². The van der Waals surface area contributed by atoms with Crippen molar-refractivity contribution in [1.82, 2.24) is 25.7 Å². The first-order valence-electron chi connectivity index (χ1n) is 10.4. The number of anilines is 2. The summed E-state index contributed by atoms with van der Waals surface area (Å²) < 4.78 is 26.3. The largest absolute Gasteiger partial charge is 0.493 e. The molecular weight excluding hydrogens is 453 g/mol. The van der Waals surface area contributed by atoms with Crippen molar-refractivity contribution in [3.8, 4) is 17.1 Å². The molecule has 10 nitrogen and oxygen atoms in total. The number of nitrogens with two attached hydrogens (primary N) is 1. The molecule has 0 spiro atoms. The number of hydrogen-bond donors (Lipinski definition) is 3. The smallest absolute Gasteiger partial charge is 0.220 e. The first-order valence-corrected chi connectivity index (χ1v) is 10.8. The zero-order valence-corrected chi connectivity index (χ0v) is 19.0. The average Bonchev–Trinajstić information content (AvgIpc) is 3.39. The predicted octanol–water partition coefficient (Wildman–Crippen LogP) is 3.39. The molecule has 1 amide bonds. The quantitative estimate of drug-likeness (QED) is 0.468. The van der Waals surface area contributed by atoms with E-state index in [-0.39, 0.29) is 28.7 Å². The fraction of sp³-hybridized carbons (Fsp3) is 0.381. The van der Waals surface area contributed by atoms with Crippen LogP contribution in [0.1, 0.15) is 49.0 Å². The maximum Gasteiger partial charge on any atom is 0.220 e. The number of nitrogens with zero attached hydrogens (tertiary/aromatic N) is 4. The Hall–Kier alpha value is -3.47. The van der Waals surface area contributed by atoms with Gasteiger partial charge < -0.3 is 25.6 Å². The van der Waals surface area contributed by atoms with E-state index >= 15 is 4.39 Å². The summed E-state index contributed by atoms with van der Waals surface area (Å²) >= 11 is 6.27. The summed E-state index contributed by atoms with van der Waals surface area (Å²) in [5.41, 5.74) is 7.91. The molecule has 1 aromatic carbocycles. The van der Waals surface area contributed by atoms with Crippen molar-refractivity contribution in [1.29, 1.82) is 0 Å². The molecule has 1 saturated heterocycles. The van der Waals surface area contributed by atoms with Gasteiger partial charge in [0.2, 0.25) is 5.91 Å². The van der Waals surface area contributed by atoms with Crippen LogP contribution in [0.15, 0.2) is 16.9 Å². The Bertz CT molecular complexity index is 1200. The Kier molecular flexibility index (Phi) is 6.32. The summed E-state index contributed by atoms with van der Waals surface area (Å²) in [7, 11) is 0. The molecule has 0 radical (unpaired) electrons. The van der Waals surface area contributed by atoms with E-state index in [1.165, 1.54) is 12.4 Å². The minimum atomic E-state index is -0.590. The second kappa shape index (κ2) is 9.18. The van der Waals surface area contributed by atoms with Gasteiger partial charge in [-0.15, -0.1) is 5.10 Å². The van der Waals surface area contributed by atoms with E-state index in [9.17, 15) is 4.79 Å². The molecule has 2 aromatic heterocycles. The van der Waals surface area contributed by atoms with Gasteiger partial charge in [-0.2, -0.15) is 0 Å². The standard InChI is InChI=1S/C21H23ClFN7O3/c1-4-32-19-12(6-13(22)17(23)15(19)11-5-14(31)25-7-11)9(2)28-21-16(20(24)26-8-27-21)18-10(3)29-30-33-18/h6,8-9,11H,4-5,7H2,1-3H3,(H,25,31)(H3,24,26,27,28). The van der Waals surface area contributed by atoms with Gasteiger partial charge in [-0.25, -0.2) is 14.4 Å². The van der Waals surface area contributed by atoms with E-state index in [1.807, 2.05) is 6.92 Å². The average molecular weight is 476 g/mol. The zero-order chi connectivity index (χ0) is 23.7. The summed E-state index contributed by atoms with van der Waals surface area (Å²) in [4.78, 5) is 20.1. The summed E-state index contributed by atoms with van der Waals surface area (Å²) in [5.74, 6) is 0.109. The molecule has 0 aliphatic carbocycles. The lowest BCUT2D eigenvalue weighted by Gasteiger charge is -2.24. The van der Waals surface area contributed by atoms with Gasteiger partial charge in [0.25, 0.3) is 0 Å². The molecule has 0 saturated carbocycles. The molecule has 4 rings (SSSR count). The molecule has 33 heavy (non-hydrogen) atoms. The highest BCUT2D eigenvalue weighted by atomic mass is 35.5. The van der Waals surface area contributed by atoms with Gasteiger partial charge in [0.05, 0.1) is 17.7 Å². The lowest BCUT2D eigenvalue weighted by Crippen LogP contribution is -2.16. The third-order valence-electron chi connectivity index (χ3n) is 5.48. The zero-order valence-electron chi connectivity index (χ0n) is 18.3. The highest BCUT2D eigenvalue weighted by Crippen LogP contribution is 2.43. The Morgan fingerprint density at radius 3 is 2.88 bits per heavy atom. The van der Waals surface area contributed by atoms with Crippen molar-refractivity contribution in [2.24, 2.45) is 0 Å². The number of aryl methyl sites for hydroxylation is 1. The minimum absolute atomic E-state index is 0.0610. The maximum absolute atomic E-state index is 15.1. The van der Waals surface area contributed by atoms with Gasteiger partial charge >= 0.3 is 0 Å². The van der Waals surface area contributed by atoms with E-state index in [2.05, 4.69) is 31.0 Å². The van der Waals surface area contributed by atoms with Crippen LogP contribution in [0.2, 0.25) is 5.02 Å². The van der Waals surface area contributed by atoms with Crippen molar-refractivity contribution in [2.75, 3.05) is 24.2 Å². The van der Waals surface area contributed by atoms with Crippen LogP contribution in [0.3, 0.4) is 0 Å². The van der Waals surface area contributed by atoms with Gasteiger partial charge in [0, 0.05) is 35.3 Å². The Labute approximate surface area is 194 Å². The van der Waals surface area contributed by atoms with Crippen LogP contribution in [0.25, 0.3) is 11.3 Å². The number of carbonyl (C=O) groups is 1. The molecule has 0 bridgehead atoms. The van der Waals surface area contributed by atoms with E-state index in [1.54, 1.807) is 13.8 Å². The number of halogens is 2. The molecule has 174 valence electrons. The number of carbonyl (C=O) groups excluding carboxylic acids is 1.